The average molecular weight is 212 g/mol. The zero-order chi connectivity index (χ0) is 11.5. The first-order chi connectivity index (χ1) is 6.92. The van der Waals surface area contributed by atoms with Crippen LogP contribution in [-0.2, 0) is 10.3 Å². The summed E-state index contributed by atoms with van der Waals surface area (Å²) in [4.78, 5) is 0. The van der Waals surface area contributed by atoms with E-state index in [-0.39, 0.29) is 18.5 Å². The Labute approximate surface area is 89.7 Å². The normalized spacial score (nSPS) is 15.3. The molecule has 3 heteroatoms. The van der Waals surface area contributed by atoms with Crippen LogP contribution >= 0.6 is 0 Å². The quantitative estimate of drug-likeness (QED) is 0.830. The van der Waals surface area contributed by atoms with Crippen LogP contribution in [0.5, 0.6) is 0 Å². The van der Waals surface area contributed by atoms with E-state index in [0.29, 0.717) is 5.56 Å². The Balaban J connectivity index is 2.76. The minimum atomic E-state index is -1.15. The van der Waals surface area contributed by atoms with Crippen molar-refractivity contribution in [3.05, 3.63) is 35.6 Å². The molecule has 0 heterocycles. The summed E-state index contributed by atoms with van der Waals surface area (Å²) in [6.45, 7) is 5.56. The second-order valence-corrected chi connectivity index (χ2v) is 4.14. The van der Waals surface area contributed by atoms with E-state index >= 15 is 0 Å². The van der Waals surface area contributed by atoms with Gasteiger partial charge >= 0.3 is 0 Å². The fraction of sp³-hybridized carbons (Fsp3) is 0.500. The van der Waals surface area contributed by atoms with Crippen molar-refractivity contribution in [2.45, 2.75) is 32.5 Å². The summed E-state index contributed by atoms with van der Waals surface area (Å²) < 4.78 is 18.3. The second kappa shape index (κ2) is 4.73. The van der Waals surface area contributed by atoms with Gasteiger partial charge in [0, 0.05) is 0 Å². The number of benzene rings is 1. The minimum absolute atomic E-state index is 0.0463. The Morgan fingerprint density at radius 2 is 2.13 bits per heavy atom. The minimum Gasteiger partial charge on any atom is -0.383 e. The molecule has 1 aromatic rings. The predicted molar refractivity (Wildman–Crippen MR) is 57.1 cm³/mol. The summed E-state index contributed by atoms with van der Waals surface area (Å²) in [5, 5.41) is 10.1. The molecule has 0 aliphatic heterocycles. The van der Waals surface area contributed by atoms with Gasteiger partial charge in [0.1, 0.15) is 11.4 Å². The number of hydrogen-bond acceptors (Lipinski definition) is 2. The molecule has 0 aromatic heterocycles. The fourth-order valence-electron chi connectivity index (χ4n) is 1.24. The molecule has 0 bridgehead atoms. The van der Waals surface area contributed by atoms with Gasteiger partial charge in [0.05, 0.1) is 12.7 Å². The lowest BCUT2D eigenvalue weighted by molar-refractivity contribution is -0.0575. The van der Waals surface area contributed by atoms with Crippen LogP contribution in [0, 0.1) is 5.82 Å². The van der Waals surface area contributed by atoms with Crippen LogP contribution in [0.2, 0.25) is 0 Å². The smallest absolute Gasteiger partial charge is 0.123 e. The summed E-state index contributed by atoms with van der Waals surface area (Å²) in [6.07, 6.45) is 0.0463. The number of halogens is 1. The van der Waals surface area contributed by atoms with Gasteiger partial charge in [-0.2, -0.15) is 0 Å². The van der Waals surface area contributed by atoms with E-state index in [1.165, 1.54) is 12.1 Å². The molecule has 2 nitrogen and oxygen atoms in total. The molecule has 1 aromatic carbocycles. The molecule has 0 saturated carbocycles. The topological polar surface area (TPSA) is 29.5 Å². The highest BCUT2D eigenvalue weighted by molar-refractivity contribution is 5.22. The molecule has 0 spiro atoms. The summed E-state index contributed by atoms with van der Waals surface area (Å²) in [5.41, 5.74) is -0.616. The first kappa shape index (κ1) is 12.1. The van der Waals surface area contributed by atoms with Gasteiger partial charge in [-0.3, -0.25) is 0 Å². The van der Waals surface area contributed by atoms with E-state index in [1.807, 2.05) is 13.8 Å². The Bertz CT molecular complexity index is 321. The van der Waals surface area contributed by atoms with Crippen molar-refractivity contribution in [3.8, 4) is 0 Å². The highest BCUT2D eigenvalue weighted by atomic mass is 19.1. The lowest BCUT2D eigenvalue weighted by atomic mass is 9.97. The molecule has 0 saturated heterocycles. The highest BCUT2D eigenvalue weighted by Crippen LogP contribution is 2.21. The fourth-order valence-corrected chi connectivity index (χ4v) is 1.24. The van der Waals surface area contributed by atoms with Crippen molar-refractivity contribution >= 4 is 0 Å². The maximum Gasteiger partial charge on any atom is 0.123 e. The van der Waals surface area contributed by atoms with Crippen LogP contribution in [0.3, 0.4) is 0 Å². The predicted octanol–water partition coefficient (Wildman–Crippen LogP) is 2.46. The van der Waals surface area contributed by atoms with Crippen LogP contribution in [-0.4, -0.2) is 17.8 Å². The van der Waals surface area contributed by atoms with Crippen molar-refractivity contribution in [2.24, 2.45) is 0 Å². The molecule has 1 N–H and O–H groups in total. The van der Waals surface area contributed by atoms with E-state index in [0.717, 1.165) is 0 Å². The van der Waals surface area contributed by atoms with E-state index in [9.17, 15) is 9.50 Å². The zero-order valence-corrected chi connectivity index (χ0v) is 9.33. The van der Waals surface area contributed by atoms with Gasteiger partial charge in [-0.25, -0.2) is 4.39 Å². The van der Waals surface area contributed by atoms with Gasteiger partial charge in [0.25, 0.3) is 0 Å². The van der Waals surface area contributed by atoms with Crippen LogP contribution in [0.1, 0.15) is 26.3 Å². The summed E-state index contributed by atoms with van der Waals surface area (Å²) in [7, 11) is 0. The third-order valence-electron chi connectivity index (χ3n) is 2.14. The van der Waals surface area contributed by atoms with Crippen LogP contribution in [0.4, 0.5) is 4.39 Å². The second-order valence-electron chi connectivity index (χ2n) is 4.14. The van der Waals surface area contributed by atoms with E-state index in [1.54, 1.807) is 19.1 Å². The van der Waals surface area contributed by atoms with Gasteiger partial charge in [0.2, 0.25) is 0 Å². The van der Waals surface area contributed by atoms with Gasteiger partial charge in [0.15, 0.2) is 0 Å². The maximum atomic E-state index is 12.9. The van der Waals surface area contributed by atoms with Gasteiger partial charge in [-0.15, -0.1) is 0 Å². The van der Waals surface area contributed by atoms with Crippen molar-refractivity contribution < 1.29 is 14.2 Å². The molecule has 1 atom stereocenters. The molecule has 0 radical (unpaired) electrons. The molecule has 0 aliphatic carbocycles. The Kier molecular flexibility index (Phi) is 3.83. The molecule has 84 valence electrons. The molecule has 0 fully saturated rings. The lowest BCUT2D eigenvalue weighted by Gasteiger charge is -2.24. The van der Waals surface area contributed by atoms with Crippen molar-refractivity contribution in [1.29, 1.82) is 0 Å². The largest absolute Gasteiger partial charge is 0.383 e. The first-order valence-electron chi connectivity index (χ1n) is 5.02. The number of rotatable bonds is 4. The molecule has 1 rings (SSSR count). The SMILES string of the molecule is CC(C)OCC(C)(O)c1cccc(F)c1. The Hall–Kier alpha value is -0.930. The monoisotopic (exact) mass is 212 g/mol. The summed E-state index contributed by atoms with van der Waals surface area (Å²) in [5.74, 6) is -0.350. The lowest BCUT2D eigenvalue weighted by Crippen LogP contribution is -2.29. The third-order valence-corrected chi connectivity index (χ3v) is 2.14. The van der Waals surface area contributed by atoms with Crippen LogP contribution in [0.25, 0.3) is 0 Å². The molecular weight excluding hydrogens is 195 g/mol. The highest BCUT2D eigenvalue weighted by Gasteiger charge is 2.24. The Morgan fingerprint density at radius 1 is 1.47 bits per heavy atom. The Morgan fingerprint density at radius 3 is 2.67 bits per heavy atom. The number of hydrogen-bond donors (Lipinski definition) is 1. The van der Waals surface area contributed by atoms with Crippen LogP contribution in [0.15, 0.2) is 24.3 Å². The van der Waals surface area contributed by atoms with E-state index in [4.69, 9.17) is 4.74 Å². The van der Waals surface area contributed by atoms with E-state index in [2.05, 4.69) is 0 Å². The van der Waals surface area contributed by atoms with E-state index < -0.39 is 5.60 Å². The van der Waals surface area contributed by atoms with Gasteiger partial charge < -0.3 is 9.84 Å². The third kappa shape index (κ3) is 3.61. The summed E-state index contributed by atoms with van der Waals surface area (Å²) in [6, 6.07) is 5.94. The number of aliphatic hydroxyl groups is 1. The van der Waals surface area contributed by atoms with Crippen molar-refractivity contribution in [2.75, 3.05) is 6.61 Å². The average Bonchev–Trinajstić information content (AvgIpc) is 2.15. The van der Waals surface area contributed by atoms with Gasteiger partial charge in [-0.1, -0.05) is 12.1 Å². The zero-order valence-electron chi connectivity index (χ0n) is 9.33. The maximum absolute atomic E-state index is 12.9. The molecule has 0 amide bonds. The molecular formula is C12H17FO2. The van der Waals surface area contributed by atoms with Crippen LogP contribution < -0.4 is 0 Å². The molecule has 0 aliphatic rings. The molecule has 15 heavy (non-hydrogen) atoms. The first-order valence-corrected chi connectivity index (χ1v) is 5.02. The standard InChI is InChI=1S/C12H17FO2/c1-9(2)15-8-12(3,14)10-5-4-6-11(13)7-10/h4-7,9,14H,8H2,1-3H3. The number of ether oxygens (including phenoxy) is 1. The van der Waals surface area contributed by atoms with Crippen molar-refractivity contribution in [1.82, 2.24) is 0 Å². The van der Waals surface area contributed by atoms with Gasteiger partial charge in [-0.05, 0) is 38.5 Å². The summed E-state index contributed by atoms with van der Waals surface area (Å²) >= 11 is 0. The molecule has 1 unspecified atom stereocenters. The van der Waals surface area contributed by atoms with Crippen molar-refractivity contribution in [3.63, 3.8) is 0 Å².